The summed E-state index contributed by atoms with van der Waals surface area (Å²) in [5.41, 5.74) is 1.49. The monoisotopic (exact) mass is 468 g/mol. The molecule has 5 rings (SSSR count). The van der Waals surface area contributed by atoms with Gasteiger partial charge in [0.25, 0.3) is 5.56 Å². The summed E-state index contributed by atoms with van der Waals surface area (Å²) in [5.74, 6) is -0.0999. The van der Waals surface area contributed by atoms with Crippen molar-refractivity contribution in [2.75, 3.05) is 5.32 Å². The van der Waals surface area contributed by atoms with Crippen LogP contribution >= 0.6 is 23.2 Å². The van der Waals surface area contributed by atoms with Crippen LogP contribution in [-0.2, 0) is 0 Å². The van der Waals surface area contributed by atoms with Crippen LogP contribution in [0.2, 0.25) is 10.0 Å². The standard InChI is InChI=1S/C22H15Cl2FN6O/c1-11(30-21-19-20(27-9-26-19)28-10-29-21)16-7-12-3-2-4-15(25)18(12)22(32)31(16)17-8-13(23)5-6-14(17)24/h2-11H,1H3,(H2,26,27,28,29,30). The van der Waals surface area contributed by atoms with Crippen molar-refractivity contribution in [1.29, 1.82) is 0 Å². The first kappa shape index (κ1) is 20.4. The molecule has 7 nitrogen and oxygen atoms in total. The first-order valence-corrected chi connectivity index (χ1v) is 10.4. The number of hydrogen-bond donors (Lipinski definition) is 2. The number of halogens is 3. The topological polar surface area (TPSA) is 88.5 Å². The lowest BCUT2D eigenvalue weighted by Gasteiger charge is -2.22. The summed E-state index contributed by atoms with van der Waals surface area (Å²) in [5, 5.41) is 4.43. The van der Waals surface area contributed by atoms with Gasteiger partial charge in [0, 0.05) is 10.7 Å². The minimum atomic E-state index is -0.610. The first-order chi connectivity index (χ1) is 15.4. The Balaban J connectivity index is 1.75. The second-order valence-electron chi connectivity index (χ2n) is 7.20. The van der Waals surface area contributed by atoms with Crippen LogP contribution in [0.4, 0.5) is 10.2 Å². The van der Waals surface area contributed by atoms with E-state index < -0.39 is 17.4 Å². The van der Waals surface area contributed by atoms with Crippen molar-refractivity contribution in [2.45, 2.75) is 13.0 Å². The van der Waals surface area contributed by atoms with Crippen molar-refractivity contribution in [3.8, 4) is 5.69 Å². The molecule has 2 aromatic carbocycles. The Hall–Kier alpha value is -3.49. The zero-order valence-electron chi connectivity index (χ0n) is 16.6. The highest BCUT2D eigenvalue weighted by molar-refractivity contribution is 6.34. The number of hydrogen-bond acceptors (Lipinski definition) is 5. The second-order valence-corrected chi connectivity index (χ2v) is 8.04. The number of imidazole rings is 1. The summed E-state index contributed by atoms with van der Waals surface area (Å²) >= 11 is 12.6. The maximum Gasteiger partial charge on any atom is 0.266 e. The fourth-order valence-corrected chi connectivity index (χ4v) is 4.09. The smallest absolute Gasteiger partial charge is 0.266 e. The van der Waals surface area contributed by atoms with Crippen molar-refractivity contribution >= 4 is 51.0 Å². The maximum atomic E-state index is 14.6. The largest absolute Gasteiger partial charge is 0.360 e. The lowest BCUT2D eigenvalue weighted by atomic mass is 10.1. The predicted molar refractivity (Wildman–Crippen MR) is 123 cm³/mol. The quantitative estimate of drug-likeness (QED) is 0.374. The highest BCUT2D eigenvalue weighted by Gasteiger charge is 2.21. The normalized spacial score (nSPS) is 12.4. The Kier molecular flexibility index (Phi) is 5.03. The molecule has 0 fully saturated rings. The molecule has 32 heavy (non-hydrogen) atoms. The Morgan fingerprint density at radius 1 is 1.12 bits per heavy atom. The molecule has 5 aromatic rings. The number of aromatic amines is 1. The van der Waals surface area contributed by atoms with E-state index in [9.17, 15) is 9.18 Å². The lowest BCUT2D eigenvalue weighted by molar-refractivity contribution is 0.637. The Bertz CT molecular complexity index is 1550. The highest BCUT2D eigenvalue weighted by Crippen LogP contribution is 2.30. The minimum Gasteiger partial charge on any atom is -0.360 e. The molecule has 1 unspecified atom stereocenters. The van der Waals surface area contributed by atoms with Gasteiger partial charge in [0.2, 0.25) is 0 Å². The van der Waals surface area contributed by atoms with Crippen LogP contribution in [0.5, 0.6) is 0 Å². The molecule has 0 aliphatic heterocycles. The van der Waals surface area contributed by atoms with Crippen molar-refractivity contribution in [2.24, 2.45) is 0 Å². The van der Waals surface area contributed by atoms with E-state index in [0.29, 0.717) is 43.8 Å². The SMILES string of the molecule is CC(Nc1ncnc2nc[nH]c12)c1cc2cccc(F)c2c(=O)n1-c1cc(Cl)ccc1Cl. The number of nitrogens with zero attached hydrogens (tertiary/aromatic N) is 4. The van der Waals surface area contributed by atoms with Crippen LogP contribution in [0.3, 0.4) is 0 Å². The molecule has 0 aliphatic carbocycles. The molecule has 0 amide bonds. The van der Waals surface area contributed by atoms with Gasteiger partial charge in [0.1, 0.15) is 17.7 Å². The molecular formula is C22H15Cl2FN6O. The van der Waals surface area contributed by atoms with E-state index in [1.807, 2.05) is 6.92 Å². The Morgan fingerprint density at radius 3 is 2.81 bits per heavy atom. The van der Waals surface area contributed by atoms with E-state index in [2.05, 4.69) is 25.3 Å². The third kappa shape index (κ3) is 3.37. The number of nitrogens with one attached hydrogen (secondary N) is 2. The van der Waals surface area contributed by atoms with Gasteiger partial charge in [0.05, 0.1) is 28.5 Å². The molecule has 0 radical (unpaired) electrons. The third-order valence-corrected chi connectivity index (χ3v) is 5.75. The van der Waals surface area contributed by atoms with E-state index in [0.717, 1.165) is 0 Å². The number of H-pyrrole nitrogens is 1. The summed E-state index contributed by atoms with van der Waals surface area (Å²) in [6.45, 7) is 1.86. The molecule has 0 aliphatic rings. The van der Waals surface area contributed by atoms with E-state index in [-0.39, 0.29) is 5.39 Å². The molecule has 0 bridgehead atoms. The van der Waals surface area contributed by atoms with E-state index in [1.54, 1.807) is 36.4 Å². The zero-order chi connectivity index (χ0) is 22.4. The molecule has 0 saturated carbocycles. The van der Waals surface area contributed by atoms with Gasteiger partial charge in [-0.3, -0.25) is 9.36 Å². The summed E-state index contributed by atoms with van der Waals surface area (Å²) in [7, 11) is 0. The van der Waals surface area contributed by atoms with Gasteiger partial charge in [-0.2, -0.15) is 0 Å². The average molecular weight is 469 g/mol. The summed E-state index contributed by atoms with van der Waals surface area (Å²) in [4.78, 5) is 29.0. The number of fused-ring (bicyclic) bond motifs is 2. The summed E-state index contributed by atoms with van der Waals surface area (Å²) in [6, 6.07) is 10.6. The second kappa shape index (κ2) is 7.89. The molecule has 0 saturated heterocycles. The van der Waals surface area contributed by atoms with Crippen LogP contribution in [0.25, 0.3) is 27.6 Å². The average Bonchev–Trinajstić information content (AvgIpc) is 3.25. The number of rotatable bonds is 4. The van der Waals surface area contributed by atoms with E-state index in [1.165, 1.54) is 23.3 Å². The number of pyridine rings is 1. The van der Waals surface area contributed by atoms with E-state index >= 15 is 0 Å². The maximum absolute atomic E-state index is 14.6. The molecule has 2 N–H and O–H groups in total. The Labute approximate surface area is 190 Å². The molecule has 10 heteroatoms. The van der Waals surface area contributed by atoms with Crippen LogP contribution in [0.1, 0.15) is 18.7 Å². The van der Waals surface area contributed by atoms with Crippen molar-refractivity contribution < 1.29 is 4.39 Å². The number of aromatic nitrogens is 5. The van der Waals surface area contributed by atoms with Gasteiger partial charge in [0.15, 0.2) is 11.5 Å². The van der Waals surface area contributed by atoms with E-state index in [4.69, 9.17) is 23.2 Å². The lowest BCUT2D eigenvalue weighted by Crippen LogP contribution is -2.26. The molecule has 160 valence electrons. The Morgan fingerprint density at radius 2 is 1.97 bits per heavy atom. The minimum absolute atomic E-state index is 0.0301. The molecule has 0 spiro atoms. The molecule has 1 atom stereocenters. The summed E-state index contributed by atoms with van der Waals surface area (Å²) < 4.78 is 16.0. The van der Waals surface area contributed by atoms with Gasteiger partial charge in [-0.15, -0.1) is 0 Å². The molecule has 3 aromatic heterocycles. The van der Waals surface area contributed by atoms with Gasteiger partial charge in [-0.1, -0.05) is 35.3 Å². The van der Waals surface area contributed by atoms with Crippen molar-refractivity contribution in [3.05, 3.63) is 87.0 Å². The third-order valence-electron chi connectivity index (χ3n) is 5.19. The van der Waals surface area contributed by atoms with Gasteiger partial charge >= 0.3 is 0 Å². The number of anilines is 1. The fourth-order valence-electron chi connectivity index (χ4n) is 3.72. The highest BCUT2D eigenvalue weighted by atomic mass is 35.5. The van der Waals surface area contributed by atoms with Crippen LogP contribution < -0.4 is 10.9 Å². The van der Waals surface area contributed by atoms with Gasteiger partial charge in [-0.05, 0) is 42.6 Å². The van der Waals surface area contributed by atoms with Crippen molar-refractivity contribution in [3.63, 3.8) is 0 Å². The van der Waals surface area contributed by atoms with Crippen molar-refractivity contribution in [1.82, 2.24) is 24.5 Å². The predicted octanol–water partition coefficient (Wildman–Crippen LogP) is 5.28. The zero-order valence-corrected chi connectivity index (χ0v) is 18.1. The van der Waals surface area contributed by atoms with Crippen LogP contribution in [0.15, 0.2) is 59.9 Å². The molecular weight excluding hydrogens is 454 g/mol. The molecule has 3 heterocycles. The van der Waals surface area contributed by atoms with Crippen LogP contribution in [0, 0.1) is 5.82 Å². The first-order valence-electron chi connectivity index (χ1n) is 9.64. The van der Waals surface area contributed by atoms with Crippen LogP contribution in [-0.4, -0.2) is 24.5 Å². The van der Waals surface area contributed by atoms with Gasteiger partial charge < -0.3 is 10.3 Å². The number of benzene rings is 2. The summed E-state index contributed by atoms with van der Waals surface area (Å²) in [6.07, 6.45) is 2.92. The van der Waals surface area contributed by atoms with Gasteiger partial charge in [-0.25, -0.2) is 19.3 Å². The fraction of sp³-hybridized carbons (Fsp3) is 0.0909.